The number of ether oxygens (including phenoxy) is 1. The first-order valence-electron chi connectivity index (χ1n) is 8.82. The molecule has 0 radical (unpaired) electrons. The van der Waals surface area contributed by atoms with Crippen molar-refractivity contribution in [3.05, 3.63) is 48.0 Å². The molecule has 0 aliphatic carbocycles. The Kier molecular flexibility index (Phi) is 11.0. The van der Waals surface area contributed by atoms with Crippen molar-refractivity contribution in [1.29, 1.82) is 0 Å². The van der Waals surface area contributed by atoms with Gasteiger partial charge in [0.25, 0.3) is 0 Å². The number of carbonyl (C=O) groups excluding carboxylic acids is 2. The molecular formula is C20H28O5. The summed E-state index contributed by atoms with van der Waals surface area (Å²) in [5.41, 5.74) is 0.924. The maximum Gasteiger partial charge on any atom is 0.373 e. The molecule has 0 saturated heterocycles. The highest BCUT2D eigenvalue weighted by atomic mass is 17.2. The molecule has 1 aromatic rings. The molecule has 0 aliphatic rings. The zero-order valence-corrected chi connectivity index (χ0v) is 15.0. The lowest BCUT2D eigenvalue weighted by atomic mass is 10.1. The molecule has 0 amide bonds. The van der Waals surface area contributed by atoms with E-state index in [9.17, 15) is 9.59 Å². The maximum absolute atomic E-state index is 11.6. The Labute approximate surface area is 149 Å². The van der Waals surface area contributed by atoms with Gasteiger partial charge >= 0.3 is 11.9 Å². The molecule has 1 aromatic carbocycles. The summed E-state index contributed by atoms with van der Waals surface area (Å²) >= 11 is 0. The predicted molar refractivity (Wildman–Crippen MR) is 95.9 cm³/mol. The second-order valence-electron chi connectivity index (χ2n) is 5.95. The van der Waals surface area contributed by atoms with Gasteiger partial charge in [0.05, 0.1) is 18.8 Å². The van der Waals surface area contributed by atoms with Crippen LogP contribution in [0.3, 0.4) is 0 Å². The van der Waals surface area contributed by atoms with Gasteiger partial charge in [-0.2, -0.15) is 4.89 Å². The van der Waals surface area contributed by atoms with E-state index in [0.29, 0.717) is 24.4 Å². The van der Waals surface area contributed by atoms with Crippen LogP contribution >= 0.6 is 0 Å². The van der Waals surface area contributed by atoms with Crippen LogP contribution in [0.25, 0.3) is 0 Å². The van der Waals surface area contributed by atoms with Crippen LogP contribution < -0.4 is 0 Å². The molecular weight excluding hydrogens is 320 g/mol. The summed E-state index contributed by atoms with van der Waals surface area (Å²) in [6.45, 7) is 6.06. The lowest BCUT2D eigenvalue weighted by molar-refractivity contribution is -0.241. The molecule has 0 aliphatic heterocycles. The van der Waals surface area contributed by atoms with Gasteiger partial charge in [-0.3, -0.25) is 4.89 Å². The van der Waals surface area contributed by atoms with Gasteiger partial charge in [0.2, 0.25) is 0 Å². The highest BCUT2D eigenvalue weighted by Crippen LogP contribution is 2.08. The van der Waals surface area contributed by atoms with E-state index in [2.05, 4.69) is 6.58 Å². The number of esters is 1. The molecule has 138 valence electrons. The van der Waals surface area contributed by atoms with Crippen molar-refractivity contribution in [2.75, 3.05) is 13.2 Å². The summed E-state index contributed by atoms with van der Waals surface area (Å²) in [5, 5.41) is 0. The van der Waals surface area contributed by atoms with E-state index in [1.807, 2.05) is 6.07 Å². The fourth-order valence-corrected chi connectivity index (χ4v) is 2.15. The van der Waals surface area contributed by atoms with Crippen molar-refractivity contribution in [2.24, 2.45) is 0 Å². The molecule has 0 N–H and O–H groups in total. The van der Waals surface area contributed by atoms with Crippen LogP contribution in [0.4, 0.5) is 0 Å². The molecule has 1 rings (SSSR count). The lowest BCUT2D eigenvalue weighted by Crippen LogP contribution is -2.06. The fourth-order valence-electron chi connectivity index (χ4n) is 2.15. The van der Waals surface area contributed by atoms with E-state index in [-0.39, 0.29) is 5.97 Å². The molecule has 0 aromatic heterocycles. The third kappa shape index (κ3) is 10.4. The first-order valence-corrected chi connectivity index (χ1v) is 8.82. The minimum Gasteiger partial charge on any atom is -0.462 e. The third-order valence-corrected chi connectivity index (χ3v) is 3.60. The molecule has 0 saturated carbocycles. The Hall–Kier alpha value is -2.14. The van der Waals surface area contributed by atoms with E-state index in [1.54, 1.807) is 31.2 Å². The molecule has 0 bridgehead atoms. The van der Waals surface area contributed by atoms with E-state index in [4.69, 9.17) is 14.5 Å². The van der Waals surface area contributed by atoms with Crippen LogP contribution in [0.5, 0.6) is 0 Å². The monoisotopic (exact) mass is 348 g/mol. The molecule has 25 heavy (non-hydrogen) atoms. The van der Waals surface area contributed by atoms with Crippen molar-refractivity contribution in [3.8, 4) is 0 Å². The van der Waals surface area contributed by atoms with Crippen molar-refractivity contribution in [3.63, 3.8) is 0 Å². The highest BCUT2D eigenvalue weighted by Gasteiger charge is 2.06. The smallest absolute Gasteiger partial charge is 0.373 e. The van der Waals surface area contributed by atoms with E-state index < -0.39 is 5.97 Å². The predicted octanol–water partition coefficient (Wildman–Crippen LogP) is 4.63. The Bertz CT molecular complexity index is 524. The van der Waals surface area contributed by atoms with Gasteiger partial charge in [-0.25, -0.2) is 9.59 Å². The normalized spacial score (nSPS) is 10.3. The molecule has 5 heteroatoms. The average molecular weight is 348 g/mol. The van der Waals surface area contributed by atoms with Crippen molar-refractivity contribution in [2.45, 2.75) is 51.9 Å². The molecule has 0 fully saturated rings. The number of benzene rings is 1. The number of unbranched alkanes of at least 4 members (excludes halogenated alkanes) is 6. The Morgan fingerprint density at radius 3 is 2.04 bits per heavy atom. The van der Waals surface area contributed by atoms with Gasteiger partial charge in [-0.1, -0.05) is 56.9 Å². The fraction of sp³-hybridized carbons (Fsp3) is 0.500. The van der Waals surface area contributed by atoms with Gasteiger partial charge in [-0.05, 0) is 31.9 Å². The molecule has 5 nitrogen and oxygen atoms in total. The summed E-state index contributed by atoms with van der Waals surface area (Å²) in [4.78, 5) is 32.5. The van der Waals surface area contributed by atoms with Crippen LogP contribution in [-0.4, -0.2) is 25.2 Å². The van der Waals surface area contributed by atoms with Crippen LogP contribution in [0.15, 0.2) is 42.5 Å². The summed E-state index contributed by atoms with van der Waals surface area (Å²) in [6, 6.07) is 8.77. The minimum atomic E-state index is -0.465. The summed E-state index contributed by atoms with van der Waals surface area (Å²) in [5.74, 6) is -0.777. The number of hydrogen-bond donors (Lipinski definition) is 0. The number of rotatable bonds is 13. The summed E-state index contributed by atoms with van der Waals surface area (Å²) in [6.07, 6.45) is 7.20. The SMILES string of the molecule is C=C(C)C(=O)OCCCCCCCCCOOC(=O)c1ccccc1. The first kappa shape index (κ1) is 20.9. The van der Waals surface area contributed by atoms with Crippen molar-refractivity contribution >= 4 is 11.9 Å². The highest BCUT2D eigenvalue weighted by molar-refractivity contribution is 5.88. The van der Waals surface area contributed by atoms with E-state index in [1.165, 1.54) is 0 Å². The van der Waals surface area contributed by atoms with Gasteiger partial charge in [0, 0.05) is 5.57 Å². The van der Waals surface area contributed by atoms with Crippen LogP contribution in [0.2, 0.25) is 0 Å². The maximum atomic E-state index is 11.6. The van der Waals surface area contributed by atoms with E-state index in [0.717, 1.165) is 44.9 Å². The number of hydrogen-bond acceptors (Lipinski definition) is 5. The van der Waals surface area contributed by atoms with Gasteiger partial charge < -0.3 is 4.74 Å². The van der Waals surface area contributed by atoms with Crippen molar-refractivity contribution in [1.82, 2.24) is 0 Å². The zero-order valence-electron chi connectivity index (χ0n) is 15.0. The zero-order chi connectivity index (χ0) is 18.3. The Morgan fingerprint density at radius 2 is 1.44 bits per heavy atom. The average Bonchev–Trinajstić information content (AvgIpc) is 2.62. The first-order chi connectivity index (χ1) is 12.1. The largest absolute Gasteiger partial charge is 0.462 e. The number of carbonyl (C=O) groups is 2. The van der Waals surface area contributed by atoms with Crippen molar-refractivity contribution < 1.29 is 24.1 Å². The molecule has 0 spiro atoms. The standard InChI is InChI=1S/C20H28O5/c1-17(2)19(21)23-15-11-6-4-3-5-7-12-16-24-25-20(22)18-13-9-8-10-14-18/h8-10,13-14H,1,3-7,11-12,15-16H2,2H3. The molecule has 0 atom stereocenters. The molecule has 0 heterocycles. The topological polar surface area (TPSA) is 61.8 Å². The second-order valence-corrected chi connectivity index (χ2v) is 5.95. The Morgan fingerprint density at radius 1 is 0.880 bits per heavy atom. The lowest BCUT2D eigenvalue weighted by Gasteiger charge is -2.05. The minimum absolute atomic E-state index is 0.312. The third-order valence-electron chi connectivity index (χ3n) is 3.60. The Balaban J connectivity index is 1.85. The quantitative estimate of drug-likeness (QED) is 0.171. The van der Waals surface area contributed by atoms with Crippen LogP contribution in [0, 0.1) is 0 Å². The second kappa shape index (κ2) is 13.2. The van der Waals surface area contributed by atoms with Gasteiger partial charge in [-0.15, -0.1) is 0 Å². The van der Waals surface area contributed by atoms with Crippen LogP contribution in [-0.2, 0) is 19.3 Å². The van der Waals surface area contributed by atoms with E-state index >= 15 is 0 Å². The van der Waals surface area contributed by atoms with Gasteiger partial charge in [0.1, 0.15) is 0 Å². The summed E-state index contributed by atoms with van der Waals surface area (Å²) < 4.78 is 5.03. The van der Waals surface area contributed by atoms with Crippen LogP contribution in [0.1, 0.15) is 62.2 Å². The van der Waals surface area contributed by atoms with Gasteiger partial charge in [0.15, 0.2) is 0 Å². The molecule has 0 unspecified atom stereocenters. The summed E-state index contributed by atoms with van der Waals surface area (Å²) in [7, 11) is 0.